The highest BCUT2D eigenvalue weighted by Gasteiger charge is 2.17. The molecular formula is C15H24ClN3O4S. The first-order valence-corrected chi connectivity index (χ1v) is 9.84. The molecule has 2 N–H and O–H groups in total. The van der Waals surface area contributed by atoms with Crippen molar-refractivity contribution < 1.29 is 17.9 Å². The van der Waals surface area contributed by atoms with Crippen molar-refractivity contribution in [1.29, 1.82) is 0 Å². The molecule has 0 saturated heterocycles. The minimum absolute atomic E-state index is 0.133. The van der Waals surface area contributed by atoms with E-state index < -0.39 is 10.0 Å². The molecule has 24 heavy (non-hydrogen) atoms. The lowest BCUT2D eigenvalue weighted by molar-refractivity contribution is 0.0946. The van der Waals surface area contributed by atoms with Crippen LogP contribution in [-0.2, 0) is 10.0 Å². The molecule has 0 spiro atoms. The minimum atomic E-state index is -3.51. The minimum Gasteiger partial charge on any atom is -0.496 e. The van der Waals surface area contributed by atoms with Crippen molar-refractivity contribution >= 4 is 33.2 Å². The van der Waals surface area contributed by atoms with Crippen LogP contribution in [0.1, 0.15) is 24.2 Å². The summed E-state index contributed by atoms with van der Waals surface area (Å²) in [6.07, 6.45) is 1.01. The number of benzene rings is 1. The standard InChI is InChI=1S/C15H24ClN3O4S/c1-5-19(6-2)8-7-17-15(20)11-9-13(18-24(4,21)22)12(16)10-14(11)23-3/h9-10,18H,5-8H2,1-4H3,(H,17,20). The maximum absolute atomic E-state index is 12.4. The lowest BCUT2D eigenvalue weighted by Gasteiger charge is -2.18. The molecule has 0 heterocycles. The van der Waals surface area contributed by atoms with E-state index in [1.807, 2.05) is 0 Å². The molecule has 0 saturated carbocycles. The molecule has 0 atom stereocenters. The van der Waals surface area contributed by atoms with Gasteiger partial charge in [0.05, 0.1) is 29.6 Å². The number of likely N-dealkylation sites (N-methyl/N-ethyl adjacent to an activating group) is 1. The van der Waals surface area contributed by atoms with Crippen LogP contribution >= 0.6 is 11.6 Å². The topological polar surface area (TPSA) is 87.7 Å². The van der Waals surface area contributed by atoms with Crippen molar-refractivity contribution in [2.45, 2.75) is 13.8 Å². The Hall–Kier alpha value is -1.51. The van der Waals surface area contributed by atoms with E-state index in [0.717, 1.165) is 25.9 Å². The molecule has 0 aliphatic heterocycles. The third-order valence-electron chi connectivity index (χ3n) is 3.44. The van der Waals surface area contributed by atoms with Gasteiger partial charge in [0.1, 0.15) is 5.75 Å². The van der Waals surface area contributed by atoms with E-state index in [4.69, 9.17) is 16.3 Å². The van der Waals surface area contributed by atoms with Crippen molar-refractivity contribution in [3.63, 3.8) is 0 Å². The number of amides is 1. The van der Waals surface area contributed by atoms with Gasteiger partial charge in [0.2, 0.25) is 10.0 Å². The molecule has 7 nitrogen and oxygen atoms in total. The van der Waals surface area contributed by atoms with E-state index in [-0.39, 0.29) is 27.9 Å². The number of methoxy groups -OCH3 is 1. The van der Waals surface area contributed by atoms with Gasteiger partial charge < -0.3 is 15.0 Å². The molecule has 1 amide bonds. The summed E-state index contributed by atoms with van der Waals surface area (Å²) < 4.78 is 30.2. The maximum Gasteiger partial charge on any atom is 0.255 e. The second-order valence-electron chi connectivity index (χ2n) is 5.19. The Kier molecular flexibility index (Phi) is 7.78. The highest BCUT2D eigenvalue weighted by molar-refractivity contribution is 7.92. The zero-order chi connectivity index (χ0) is 18.3. The molecule has 9 heteroatoms. The molecule has 0 fully saturated rings. The van der Waals surface area contributed by atoms with Gasteiger partial charge in [-0.15, -0.1) is 0 Å². The first-order chi connectivity index (χ1) is 11.2. The number of hydrogen-bond acceptors (Lipinski definition) is 5. The van der Waals surface area contributed by atoms with Crippen LogP contribution < -0.4 is 14.8 Å². The first-order valence-electron chi connectivity index (χ1n) is 7.57. The number of anilines is 1. The van der Waals surface area contributed by atoms with Crippen molar-refractivity contribution in [2.24, 2.45) is 0 Å². The number of rotatable bonds is 9. The number of hydrogen-bond donors (Lipinski definition) is 2. The third-order valence-corrected chi connectivity index (χ3v) is 4.34. The zero-order valence-electron chi connectivity index (χ0n) is 14.3. The predicted molar refractivity (Wildman–Crippen MR) is 96.6 cm³/mol. The normalized spacial score (nSPS) is 11.4. The largest absolute Gasteiger partial charge is 0.496 e. The SMILES string of the molecule is CCN(CC)CCNC(=O)c1cc(NS(C)(=O)=O)c(Cl)cc1OC. The van der Waals surface area contributed by atoms with Gasteiger partial charge in [0.25, 0.3) is 5.91 Å². The molecule has 0 bridgehead atoms. The fourth-order valence-electron chi connectivity index (χ4n) is 2.14. The van der Waals surface area contributed by atoms with Gasteiger partial charge >= 0.3 is 0 Å². The summed E-state index contributed by atoms with van der Waals surface area (Å²) in [4.78, 5) is 14.6. The van der Waals surface area contributed by atoms with Crippen LogP contribution in [0.5, 0.6) is 5.75 Å². The van der Waals surface area contributed by atoms with E-state index in [1.54, 1.807) is 0 Å². The summed E-state index contributed by atoms with van der Waals surface area (Å²) in [7, 11) is -2.09. The highest BCUT2D eigenvalue weighted by Crippen LogP contribution is 2.31. The van der Waals surface area contributed by atoms with Gasteiger partial charge in [0, 0.05) is 19.2 Å². The Morgan fingerprint density at radius 2 is 1.92 bits per heavy atom. The van der Waals surface area contributed by atoms with Crippen LogP contribution in [0.25, 0.3) is 0 Å². The molecule has 0 radical (unpaired) electrons. The van der Waals surface area contributed by atoms with Crippen LogP contribution in [0, 0.1) is 0 Å². The summed E-state index contributed by atoms with van der Waals surface area (Å²) in [5.41, 5.74) is 0.349. The molecule has 1 rings (SSSR count). The Labute approximate surface area is 148 Å². The maximum atomic E-state index is 12.4. The fourth-order valence-corrected chi connectivity index (χ4v) is 2.97. The second-order valence-corrected chi connectivity index (χ2v) is 7.35. The Bertz CT molecular complexity index is 676. The number of nitrogens with zero attached hydrogens (tertiary/aromatic N) is 1. The van der Waals surface area contributed by atoms with Gasteiger partial charge in [0.15, 0.2) is 0 Å². The van der Waals surface area contributed by atoms with Crippen molar-refractivity contribution in [1.82, 2.24) is 10.2 Å². The number of sulfonamides is 1. The third kappa shape index (κ3) is 6.18. The number of carbonyl (C=O) groups excluding carboxylic acids is 1. The van der Waals surface area contributed by atoms with E-state index >= 15 is 0 Å². The molecule has 0 aliphatic carbocycles. The fraction of sp³-hybridized carbons (Fsp3) is 0.533. The Balaban J connectivity index is 2.95. The summed E-state index contributed by atoms with van der Waals surface area (Å²) in [5, 5.41) is 2.95. The van der Waals surface area contributed by atoms with E-state index in [9.17, 15) is 13.2 Å². The molecule has 0 aromatic heterocycles. The van der Waals surface area contributed by atoms with E-state index in [0.29, 0.717) is 6.54 Å². The van der Waals surface area contributed by atoms with Crippen molar-refractivity contribution in [2.75, 3.05) is 44.3 Å². The lowest BCUT2D eigenvalue weighted by atomic mass is 10.1. The van der Waals surface area contributed by atoms with Gasteiger partial charge in [-0.3, -0.25) is 9.52 Å². The van der Waals surface area contributed by atoms with E-state index in [1.165, 1.54) is 19.2 Å². The number of halogens is 1. The molecule has 0 unspecified atom stereocenters. The monoisotopic (exact) mass is 377 g/mol. The average Bonchev–Trinajstić information content (AvgIpc) is 2.51. The first kappa shape index (κ1) is 20.5. The average molecular weight is 378 g/mol. The smallest absolute Gasteiger partial charge is 0.255 e. The number of carbonyl (C=O) groups is 1. The number of nitrogens with one attached hydrogen (secondary N) is 2. The molecule has 0 aliphatic rings. The molecule has 136 valence electrons. The van der Waals surface area contributed by atoms with Crippen molar-refractivity contribution in [3.8, 4) is 5.75 Å². The second kappa shape index (κ2) is 9.10. The molecule has 1 aromatic carbocycles. The molecule has 1 aromatic rings. The van der Waals surface area contributed by atoms with Gasteiger partial charge in [-0.1, -0.05) is 25.4 Å². The Morgan fingerprint density at radius 3 is 2.42 bits per heavy atom. The van der Waals surface area contributed by atoms with E-state index in [2.05, 4.69) is 28.8 Å². The zero-order valence-corrected chi connectivity index (χ0v) is 15.9. The summed E-state index contributed by atoms with van der Waals surface area (Å²) in [6.45, 7) is 7.11. The summed E-state index contributed by atoms with van der Waals surface area (Å²) in [5.74, 6) is -0.0772. The highest BCUT2D eigenvalue weighted by atomic mass is 35.5. The van der Waals surface area contributed by atoms with Gasteiger partial charge in [-0.05, 0) is 19.2 Å². The number of ether oxygens (including phenoxy) is 1. The Morgan fingerprint density at radius 1 is 1.29 bits per heavy atom. The summed E-state index contributed by atoms with van der Waals surface area (Å²) in [6, 6.07) is 2.78. The van der Waals surface area contributed by atoms with Crippen LogP contribution in [0.3, 0.4) is 0 Å². The van der Waals surface area contributed by atoms with Crippen LogP contribution in [0.2, 0.25) is 5.02 Å². The van der Waals surface area contributed by atoms with Crippen molar-refractivity contribution in [3.05, 3.63) is 22.7 Å². The molecular weight excluding hydrogens is 354 g/mol. The quantitative estimate of drug-likeness (QED) is 0.685. The van der Waals surface area contributed by atoms with Crippen LogP contribution in [0.4, 0.5) is 5.69 Å². The lowest BCUT2D eigenvalue weighted by Crippen LogP contribution is -2.35. The van der Waals surface area contributed by atoms with Gasteiger partial charge in [-0.2, -0.15) is 0 Å². The van der Waals surface area contributed by atoms with Crippen LogP contribution in [0.15, 0.2) is 12.1 Å². The van der Waals surface area contributed by atoms with Crippen LogP contribution in [-0.4, -0.2) is 58.8 Å². The summed E-state index contributed by atoms with van der Waals surface area (Å²) >= 11 is 6.03. The predicted octanol–water partition coefficient (Wildman–Crippen LogP) is 1.79. The van der Waals surface area contributed by atoms with Gasteiger partial charge in [-0.25, -0.2) is 8.42 Å².